The van der Waals surface area contributed by atoms with Gasteiger partial charge in [0.25, 0.3) is 5.91 Å². The van der Waals surface area contributed by atoms with E-state index in [2.05, 4.69) is 23.5 Å². The number of hydrogen-bond donors (Lipinski definition) is 2. The summed E-state index contributed by atoms with van der Waals surface area (Å²) in [5.41, 5.74) is 3.11. The van der Waals surface area contributed by atoms with Gasteiger partial charge in [0.1, 0.15) is 5.60 Å². The minimum Gasteiger partial charge on any atom is -0.380 e. The van der Waals surface area contributed by atoms with Crippen molar-refractivity contribution in [3.8, 4) is 0 Å². The Hall–Kier alpha value is -1.00. The van der Waals surface area contributed by atoms with Crippen LogP contribution >= 0.6 is 11.8 Å². The molecule has 0 radical (unpaired) electrons. The molecule has 118 valence electrons. The Bertz CT molecular complexity index is 595. The van der Waals surface area contributed by atoms with E-state index >= 15 is 0 Å². The lowest BCUT2D eigenvalue weighted by molar-refractivity contribution is -0.141. The Morgan fingerprint density at radius 1 is 1.32 bits per heavy atom. The van der Waals surface area contributed by atoms with Crippen LogP contribution in [0, 0.1) is 0 Å². The van der Waals surface area contributed by atoms with Crippen molar-refractivity contribution in [1.82, 2.24) is 5.32 Å². The second kappa shape index (κ2) is 5.57. The molecule has 2 aliphatic carbocycles. The van der Waals surface area contributed by atoms with Crippen LogP contribution in [0.3, 0.4) is 0 Å². The summed E-state index contributed by atoms with van der Waals surface area (Å²) in [7, 11) is 0. The van der Waals surface area contributed by atoms with Crippen LogP contribution < -0.4 is 5.32 Å². The minimum absolute atomic E-state index is 0.0872. The second-order valence-corrected chi connectivity index (χ2v) is 8.14. The average Bonchev–Trinajstić information content (AvgIpc) is 2.88. The lowest BCUT2D eigenvalue weighted by Gasteiger charge is -2.31. The molecule has 0 saturated carbocycles. The molecule has 2 atom stereocenters. The predicted molar refractivity (Wildman–Crippen MR) is 89.1 cm³/mol. The number of benzene rings is 1. The standard InChI is InChI=1S/C18H23NO2S/c20-17(18(21)7-9-22-10-8-18)19-15-11-13-5-1-3-12-4-2-6-14(15)16(12)13/h2,4,6,13,15,21H,1,3,5,7-11H2,(H,19,20). The van der Waals surface area contributed by atoms with Gasteiger partial charge in [0.05, 0.1) is 6.04 Å². The third-order valence-corrected chi connectivity index (χ3v) is 6.57. The number of rotatable bonds is 2. The molecule has 3 nitrogen and oxygen atoms in total. The maximum Gasteiger partial charge on any atom is 0.252 e. The molecule has 3 aliphatic rings. The normalized spacial score (nSPS) is 29.0. The van der Waals surface area contributed by atoms with Crippen LogP contribution in [0.15, 0.2) is 18.2 Å². The fourth-order valence-corrected chi connectivity index (χ4v) is 5.52. The summed E-state index contributed by atoms with van der Waals surface area (Å²) in [5, 5.41) is 13.8. The average molecular weight is 317 g/mol. The summed E-state index contributed by atoms with van der Waals surface area (Å²) in [6, 6.07) is 6.60. The first-order chi connectivity index (χ1) is 10.7. The lowest BCUT2D eigenvalue weighted by atomic mass is 9.84. The summed E-state index contributed by atoms with van der Waals surface area (Å²) in [5.74, 6) is 2.19. The Kier molecular flexibility index (Phi) is 3.69. The van der Waals surface area contributed by atoms with E-state index in [1.807, 2.05) is 11.8 Å². The molecule has 1 heterocycles. The van der Waals surface area contributed by atoms with E-state index in [4.69, 9.17) is 0 Å². The van der Waals surface area contributed by atoms with Gasteiger partial charge in [0, 0.05) is 0 Å². The summed E-state index contributed by atoms with van der Waals surface area (Å²) in [4.78, 5) is 12.6. The van der Waals surface area contributed by atoms with Crippen molar-refractivity contribution in [3.05, 3.63) is 34.9 Å². The Labute approximate surface area is 135 Å². The molecule has 1 saturated heterocycles. The number of nitrogens with one attached hydrogen (secondary N) is 1. The predicted octanol–water partition coefficient (Wildman–Crippen LogP) is 2.93. The number of thioether (sulfide) groups is 1. The van der Waals surface area contributed by atoms with E-state index in [0.717, 1.165) is 17.9 Å². The first-order valence-corrected chi connectivity index (χ1v) is 9.56. The van der Waals surface area contributed by atoms with E-state index in [-0.39, 0.29) is 11.9 Å². The highest BCUT2D eigenvalue weighted by atomic mass is 32.2. The van der Waals surface area contributed by atoms with Crippen LogP contribution in [-0.4, -0.2) is 28.1 Å². The Balaban J connectivity index is 1.56. The van der Waals surface area contributed by atoms with Gasteiger partial charge in [-0.1, -0.05) is 18.2 Å². The zero-order chi connectivity index (χ0) is 15.2. The number of carbonyl (C=O) groups is 1. The highest BCUT2D eigenvalue weighted by molar-refractivity contribution is 7.99. The van der Waals surface area contributed by atoms with E-state index in [1.165, 1.54) is 36.0 Å². The first-order valence-electron chi connectivity index (χ1n) is 8.40. The molecule has 1 aromatic rings. The highest BCUT2D eigenvalue weighted by Gasteiger charge is 2.41. The van der Waals surface area contributed by atoms with Crippen molar-refractivity contribution < 1.29 is 9.90 Å². The number of aliphatic hydroxyl groups is 1. The SMILES string of the molecule is O=C(NC1CC2CCCc3cccc1c32)C1(O)CCSCC1. The summed E-state index contributed by atoms with van der Waals surface area (Å²) in [6.45, 7) is 0. The zero-order valence-corrected chi connectivity index (χ0v) is 13.6. The van der Waals surface area contributed by atoms with Crippen molar-refractivity contribution in [2.24, 2.45) is 0 Å². The van der Waals surface area contributed by atoms with Crippen LogP contribution in [0.5, 0.6) is 0 Å². The smallest absolute Gasteiger partial charge is 0.252 e. The van der Waals surface area contributed by atoms with Gasteiger partial charge in [0.15, 0.2) is 0 Å². The number of amides is 1. The molecule has 1 fully saturated rings. The quantitative estimate of drug-likeness (QED) is 0.882. The molecular formula is C18H23NO2S. The zero-order valence-electron chi connectivity index (χ0n) is 12.8. The van der Waals surface area contributed by atoms with Crippen molar-refractivity contribution in [1.29, 1.82) is 0 Å². The molecule has 22 heavy (non-hydrogen) atoms. The summed E-state index contributed by atoms with van der Waals surface area (Å²) in [6.07, 6.45) is 5.81. The van der Waals surface area contributed by atoms with Crippen LogP contribution in [-0.2, 0) is 11.2 Å². The number of aryl methyl sites for hydroxylation is 1. The first kappa shape index (κ1) is 14.6. The van der Waals surface area contributed by atoms with Crippen LogP contribution in [0.25, 0.3) is 0 Å². The van der Waals surface area contributed by atoms with Gasteiger partial charge < -0.3 is 10.4 Å². The highest BCUT2D eigenvalue weighted by Crippen LogP contribution is 2.47. The van der Waals surface area contributed by atoms with Crippen molar-refractivity contribution in [2.75, 3.05) is 11.5 Å². The molecule has 2 unspecified atom stereocenters. The molecule has 4 rings (SSSR count). The minimum atomic E-state index is -1.15. The van der Waals surface area contributed by atoms with E-state index in [0.29, 0.717) is 18.8 Å². The van der Waals surface area contributed by atoms with Gasteiger partial charge in [-0.3, -0.25) is 4.79 Å². The van der Waals surface area contributed by atoms with Crippen molar-refractivity contribution >= 4 is 17.7 Å². The molecule has 1 aromatic carbocycles. The van der Waals surface area contributed by atoms with Gasteiger partial charge in [-0.05, 0) is 72.6 Å². The largest absolute Gasteiger partial charge is 0.380 e. The molecular weight excluding hydrogens is 294 g/mol. The molecule has 2 N–H and O–H groups in total. The number of hydrogen-bond acceptors (Lipinski definition) is 3. The Morgan fingerprint density at radius 2 is 2.14 bits per heavy atom. The monoisotopic (exact) mass is 317 g/mol. The van der Waals surface area contributed by atoms with Crippen LogP contribution in [0.1, 0.15) is 60.8 Å². The lowest BCUT2D eigenvalue weighted by Crippen LogP contribution is -2.49. The molecule has 0 spiro atoms. The third-order valence-electron chi connectivity index (χ3n) is 5.58. The van der Waals surface area contributed by atoms with Crippen molar-refractivity contribution in [3.63, 3.8) is 0 Å². The van der Waals surface area contributed by atoms with Gasteiger partial charge in [-0.2, -0.15) is 11.8 Å². The van der Waals surface area contributed by atoms with Gasteiger partial charge in [0.2, 0.25) is 0 Å². The van der Waals surface area contributed by atoms with E-state index in [9.17, 15) is 9.90 Å². The molecule has 0 aromatic heterocycles. The number of carbonyl (C=O) groups excluding carboxylic acids is 1. The maximum absolute atomic E-state index is 12.6. The summed E-state index contributed by atoms with van der Waals surface area (Å²) < 4.78 is 0. The van der Waals surface area contributed by atoms with Gasteiger partial charge in [-0.15, -0.1) is 0 Å². The molecule has 4 heteroatoms. The van der Waals surface area contributed by atoms with Gasteiger partial charge in [-0.25, -0.2) is 0 Å². The van der Waals surface area contributed by atoms with Crippen molar-refractivity contribution in [2.45, 2.75) is 56.1 Å². The molecule has 1 amide bonds. The van der Waals surface area contributed by atoms with Gasteiger partial charge >= 0.3 is 0 Å². The maximum atomic E-state index is 12.6. The molecule has 0 bridgehead atoms. The fourth-order valence-electron chi connectivity index (χ4n) is 4.35. The topological polar surface area (TPSA) is 49.3 Å². The van der Waals surface area contributed by atoms with Crippen LogP contribution in [0.2, 0.25) is 0 Å². The summed E-state index contributed by atoms with van der Waals surface area (Å²) >= 11 is 1.82. The van der Waals surface area contributed by atoms with Crippen LogP contribution in [0.4, 0.5) is 0 Å². The third kappa shape index (κ3) is 2.37. The molecule has 1 aliphatic heterocycles. The van der Waals surface area contributed by atoms with E-state index < -0.39 is 5.60 Å². The fraction of sp³-hybridized carbons (Fsp3) is 0.611. The Morgan fingerprint density at radius 3 is 2.95 bits per heavy atom. The van der Waals surface area contributed by atoms with E-state index in [1.54, 1.807) is 0 Å². The second-order valence-electron chi connectivity index (χ2n) is 6.91.